The summed E-state index contributed by atoms with van der Waals surface area (Å²) < 4.78 is 0. The average Bonchev–Trinajstić information content (AvgIpc) is 2.50. The van der Waals surface area contributed by atoms with Crippen molar-refractivity contribution in [2.45, 2.75) is 24.6 Å². The summed E-state index contributed by atoms with van der Waals surface area (Å²) in [6.45, 7) is 3.02. The second-order valence-corrected chi connectivity index (χ2v) is 5.21. The second-order valence-electron chi connectivity index (χ2n) is 5.21. The van der Waals surface area contributed by atoms with Gasteiger partial charge in [-0.25, -0.2) is 4.79 Å². The van der Waals surface area contributed by atoms with Crippen LogP contribution in [0.3, 0.4) is 0 Å². The van der Waals surface area contributed by atoms with Crippen molar-refractivity contribution in [3.8, 4) is 0 Å². The van der Waals surface area contributed by atoms with Crippen LogP contribution in [0.1, 0.15) is 12.8 Å². The fourth-order valence-electron chi connectivity index (χ4n) is 2.55. The Morgan fingerprint density at radius 3 is 2.71 bits per heavy atom. The van der Waals surface area contributed by atoms with Gasteiger partial charge < -0.3 is 20.6 Å². The van der Waals surface area contributed by atoms with Crippen LogP contribution in [-0.4, -0.2) is 73.0 Å². The molecule has 2 aliphatic heterocycles. The van der Waals surface area contributed by atoms with Crippen molar-refractivity contribution in [1.82, 2.24) is 20.4 Å². The summed E-state index contributed by atoms with van der Waals surface area (Å²) in [6, 6.07) is -0.138. The number of likely N-dealkylation sites (N-methyl/N-ethyl adjacent to an activating group) is 1. The summed E-state index contributed by atoms with van der Waals surface area (Å²) in [5.41, 5.74) is -0.436. The maximum Gasteiger partial charge on any atom is 0.320 e. The molecule has 0 bridgehead atoms. The highest BCUT2D eigenvalue weighted by Crippen LogP contribution is 2.30. The summed E-state index contributed by atoms with van der Waals surface area (Å²) in [6.07, 6.45) is 0.883. The first kappa shape index (κ1) is 12.6. The molecular formula is C11H22N4O2. The fraction of sp³-hybridized carbons (Fsp3) is 0.909. The zero-order valence-corrected chi connectivity index (χ0v) is 10.6. The fourth-order valence-corrected chi connectivity index (χ4v) is 2.55. The molecule has 6 nitrogen and oxygen atoms in total. The molecular weight excluding hydrogens is 220 g/mol. The number of amides is 2. The second kappa shape index (κ2) is 4.80. The SMILES string of the molecule is CN(C)CCN1C(=O)NC2(CCNCC2)C1O. The number of nitrogens with one attached hydrogen (secondary N) is 2. The van der Waals surface area contributed by atoms with Gasteiger partial charge >= 0.3 is 6.03 Å². The molecule has 0 aromatic rings. The van der Waals surface area contributed by atoms with Crippen LogP contribution in [0.5, 0.6) is 0 Å². The average molecular weight is 242 g/mol. The third-order valence-corrected chi connectivity index (χ3v) is 3.69. The number of aliphatic hydroxyl groups excluding tert-OH is 1. The lowest BCUT2D eigenvalue weighted by Crippen LogP contribution is -2.56. The van der Waals surface area contributed by atoms with E-state index < -0.39 is 11.8 Å². The zero-order valence-electron chi connectivity index (χ0n) is 10.6. The normalized spacial score (nSPS) is 27.9. The number of hydrogen-bond acceptors (Lipinski definition) is 4. The molecule has 0 aromatic carbocycles. The third kappa shape index (κ3) is 2.38. The molecule has 2 rings (SSSR count). The predicted octanol–water partition coefficient (Wildman–Crippen LogP) is -0.986. The molecule has 1 atom stereocenters. The molecule has 2 aliphatic rings. The Morgan fingerprint density at radius 2 is 2.12 bits per heavy atom. The van der Waals surface area contributed by atoms with Gasteiger partial charge in [-0.1, -0.05) is 0 Å². The predicted molar refractivity (Wildman–Crippen MR) is 64.6 cm³/mol. The minimum Gasteiger partial charge on any atom is -0.371 e. The van der Waals surface area contributed by atoms with E-state index in [1.807, 2.05) is 19.0 Å². The van der Waals surface area contributed by atoms with Crippen LogP contribution in [0, 0.1) is 0 Å². The van der Waals surface area contributed by atoms with Gasteiger partial charge in [0.15, 0.2) is 6.23 Å². The molecule has 98 valence electrons. The van der Waals surface area contributed by atoms with E-state index in [0.717, 1.165) is 32.5 Å². The lowest BCUT2D eigenvalue weighted by molar-refractivity contribution is -0.0116. The van der Waals surface area contributed by atoms with Crippen LogP contribution in [0.2, 0.25) is 0 Å². The molecule has 2 saturated heterocycles. The lowest BCUT2D eigenvalue weighted by atomic mass is 9.87. The molecule has 6 heteroatoms. The van der Waals surface area contributed by atoms with Gasteiger partial charge in [-0.15, -0.1) is 0 Å². The third-order valence-electron chi connectivity index (χ3n) is 3.69. The minimum atomic E-state index is -0.697. The number of piperidine rings is 1. The highest BCUT2D eigenvalue weighted by molar-refractivity contribution is 5.78. The summed E-state index contributed by atoms with van der Waals surface area (Å²) >= 11 is 0. The molecule has 3 N–H and O–H groups in total. The number of aliphatic hydroxyl groups is 1. The smallest absolute Gasteiger partial charge is 0.320 e. The molecule has 0 radical (unpaired) electrons. The van der Waals surface area contributed by atoms with Crippen LogP contribution in [0.25, 0.3) is 0 Å². The molecule has 2 amide bonds. The summed E-state index contributed by atoms with van der Waals surface area (Å²) in [4.78, 5) is 15.4. The van der Waals surface area contributed by atoms with Crippen molar-refractivity contribution in [1.29, 1.82) is 0 Å². The van der Waals surface area contributed by atoms with E-state index in [4.69, 9.17) is 0 Å². The van der Waals surface area contributed by atoms with Gasteiger partial charge in [-0.2, -0.15) is 0 Å². The van der Waals surface area contributed by atoms with E-state index in [1.54, 1.807) is 4.90 Å². The van der Waals surface area contributed by atoms with Crippen LogP contribution in [0.15, 0.2) is 0 Å². The lowest BCUT2D eigenvalue weighted by Gasteiger charge is -2.36. The summed E-state index contributed by atoms with van der Waals surface area (Å²) in [5.74, 6) is 0. The van der Waals surface area contributed by atoms with E-state index in [0.29, 0.717) is 6.54 Å². The maximum absolute atomic E-state index is 11.9. The van der Waals surface area contributed by atoms with Crippen molar-refractivity contribution in [3.05, 3.63) is 0 Å². The van der Waals surface area contributed by atoms with Crippen molar-refractivity contribution in [2.75, 3.05) is 40.3 Å². The van der Waals surface area contributed by atoms with Gasteiger partial charge in [0.2, 0.25) is 0 Å². The van der Waals surface area contributed by atoms with Crippen LogP contribution >= 0.6 is 0 Å². The zero-order chi connectivity index (χ0) is 12.5. The number of carbonyl (C=O) groups excluding carboxylic acids is 1. The van der Waals surface area contributed by atoms with Gasteiger partial charge in [-0.05, 0) is 40.0 Å². The van der Waals surface area contributed by atoms with Gasteiger partial charge in [0.25, 0.3) is 0 Å². The van der Waals surface area contributed by atoms with Crippen molar-refractivity contribution in [2.24, 2.45) is 0 Å². The van der Waals surface area contributed by atoms with Gasteiger partial charge in [-0.3, -0.25) is 4.90 Å². The number of hydrogen-bond donors (Lipinski definition) is 3. The standard InChI is InChI=1S/C11H22N4O2/c1-14(2)7-8-15-9(16)11(13-10(15)17)3-5-12-6-4-11/h9,12,16H,3-8H2,1-2H3,(H,13,17). The van der Waals surface area contributed by atoms with E-state index in [2.05, 4.69) is 10.6 Å². The van der Waals surface area contributed by atoms with Crippen molar-refractivity contribution < 1.29 is 9.90 Å². The topological polar surface area (TPSA) is 67.8 Å². The number of nitrogens with zero attached hydrogens (tertiary/aromatic N) is 2. The summed E-state index contributed by atoms with van der Waals surface area (Å²) in [5, 5.41) is 16.6. The molecule has 0 saturated carbocycles. The van der Waals surface area contributed by atoms with Gasteiger partial charge in [0.1, 0.15) is 0 Å². The number of carbonyl (C=O) groups is 1. The van der Waals surface area contributed by atoms with Crippen LogP contribution in [-0.2, 0) is 0 Å². The molecule has 0 aromatic heterocycles. The minimum absolute atomic E-state index is 0.138. The Labute approximate surface area is 102 Å². The molecule has 1 spiro atoms. The first-order chi connectivity index (χ1) is 8.05. The molecule has 1 unspecified atom stereocenters. The summed E-state index contributed by atoms with van der Waals surface area (Å²) in [7, 11) is 3.92. The van der Waals surface area contributed by atoms with Crippen LogP contribution in [0.4, 0.5) is 4.79 Å². The van der Waals surface area contributed by atoms with E-state index in [1.165, 1.54) is 0 Å². The van der Waals surface area contributed by atoms with Crippen molar-refractivity contribution in [3.63, 3.8) is 0 Å². The maximum atomic E-state index is 11.9. The van der Waals surface area contributed by atoms with E-state index in [9.17, 15) is 9.90 Å². The number of rotatable bonds is 3. The van der Waals surface area contributed by atoms with E-state index >= 15 is 0 Å². The quantitative estimate of drug-likeness (QED) is 0.595. The molecule has 0 aliphatic carbocycles. The molecule has 2 heterocycles. The first-order valence-corrected chi connectivity index (χ1v) is 6.17. The number of urea groups is 1. The van der Waals surface area contributed by atoms with Gasteiger partial charge in [0.05, 0.1) is 5.54 Å². The Balaban J connectivity index is 2.02. The highest BCUT2D eigenvalue weighted by atomic mass is 16.3. The highest BCUT2D eigenvalue weighted by Gasteiger charge is 2.50. The monoisotopic (exact) mass is 242 g/mol. The van der Waals surface area contributed by atoms with Crippen molar-refractivity contribution >= 4 is 6.03 Å². The molecule has 2 fully saturated rings. The van der Waals surface area contributed by atoms with E-state index in [-0.39, 0.29) is 6.03 Å². The Bertz CT molecular complexity index is 289. The first-order valence-electron chi connectivity index (χ1n) is 6.17. The van der Waals surface area contributed by atoms with Gasteiger partial charge in [0, 0.05) is 13.1 Å². The van der Waals surface area contributed by atoms with Crippen LogP contribution < -0.4 is 10.6 Å². The Morgan fingerprint density at radius 1 is 1.47 bits per heavy atom. The Kier molecular flexibility index (Phi) is 3.56. The Hall–Kier alpha value is -0.850. The largest absolute Gasteiger partial charge is 0.371 e. The molecule has 17 heavy (non-hydrogen) atoms.